The highest BCUT2D eigenvalue weighted by Crippen LogP contribution is 2.23. The van der Waals surface area contributed by atoms with Gasteiger partial charge in [0.15, 0.2) is 0 Å². The smallest absolute Gasteiger partial charge is 0.257 e. The van der Waals surface area contributed by atoms with Gasteiger partial charge in [0.25, 0.3) is 5.91 Å². The normalized spacial score (nSPS) is 17.0. The molecule has 0 aliphatic carbocycles. The minimum atomic E-state index is 0.0184. The van der Waals surface area contributed by atoms with Gasteiger partial charge in [-0.1, -0.05) is 42.5 Å². The van der Waals surface area contributed by atoms with Crippen LogP contribution in [0.5, 0.6) is 5.75 Å². The Balaban J connectivity index is 1.63. The molecule has 0 spiro atoms. The summed E-state index contributed by atoms with van der Waals surface area (Å²) in [6, 6.07) is 17.7. The summed E-state index contributed by atoms with van der Waals surface area (Å²) < 4.78 is 11.2. The van der Waals surface area contributed by atoms with Crippen molar-refractivity contribution in [2.75, 3.05) is 26.8 Å². The van der Waals surface area contributed by atoms with Crippen LogP contribution in [-0.4, -0.2) is 43.7 Å². The predicted octanol–water partition coefficient (Wildman–Crippen LogP) is 3.17. The first kappa shape index (κ1) is 16.5. The van der Waals surface area contributed by atoms with Gasteiger partial charge in [-0.25, -0.2) is 0 Å². The van der Waals surface area contributed by atoms with E-state index in [9.17, 15) is 4.79 Å². The number of amides is 1. The summed E-state index contributed by atoms with van der Waals surface area (Å²) in [4.78, 5) is 14.6. The highest BCUT2D eigenvalue weighted by Gasteiger charge is 2.28. The fraction of sp³-hybridized carbons (Fsp3) is 0.350. The van der Waals surface area contributed by atoms with Crippen molar-refractivity contribution in [3.63, 3.8) is 0 Å². The predicted molar refractivity (Wildman–Crippen MR) is 93.4 cm³/mol. The summed E-state index contributed by atoms with van der Waals surface area (Å²) in [6.45, 7) is 1.93. The summed E-state index contributed by atoms with van der Waals surface area (Å²) in [5.41, 5.74) is 1.85. The molecule has 1 saturated heterocycles. The lowest BCUT2D eigenvalue weighted by molar-refractivity contribution is 0.0720. The molecule has 4 nitrogen and oxygen atoms in total. The van der Waals surface area contributed by atoms with Crippen LogP contribution in [0.3, 0.4) is 0 Å². The van der Waals surface area contributed by atoms with Crippen LogP contribution in [0.2, 0.25) is 0 Å². The van der Waals surface area contributed by atoms with E-state index in [2.05, 4.69) is 12.1 Å². The van der Waals surface area contributed by atoms with Crippen LogP contribution in [0.1, 0.15) is 22.3 Å². The van der Waals surface area contributed by atoms with Gasteiger partial charge in [-0.2, -0.15) is 0 Å². The Morgan fingerprint density at radius 1 is 1.12 bits per heavy atom. The maximum atomic E-state index is 12.8. The van der Waals surface area contributed by atoms with E-state index in [0.29, 0.717) is 24.5 Å². The third-order valence-corrected chi connectivity index (χ3v) is 4.37. The molecule has 1 aliphatic rings. The van der Waals surface area contributed by atoms with Crippen LogP contribution in [0, 0.1) is 0 Å². The topological polar surface area (TPSA) is 38.8 Å². The van der Waals surface area contributed by atoms with Gasteiger partial charge in [0.2, 0.25) is 0 Å². The first-order chi connectivity index (χ1) is 11.8. The number of rotatable bonds is 6. The monoisotopic (exact) mass is 325 g/mol. The Morgan fingerprint density at radius 3 is 2.62 bits per heavy atom. The minimum absolute atomic E-state index is 0.0184. The van der Waals surface area contributed by atoms with E-state index in [4.69, 9.17) is 9.47 Å². The first-order valence-electron chi connectivity index (χ1n) is 8.36. The lowest BCUT2D eigenvalue weighted by Gasteiger charge is -2.18. The molecule has 0 saturated carbocycles. The van der Waals surface area contributed by atoms with Gasteiger partial charge in [-0.15, -0.1) is 0 Å². The molecule has 3 rings (SSSR count). The molecular formula is C20H23NO3. The molecule has 0 radical (unpaired) electrons. The van der Waals surface area contributed by atoms with Crippen molar-refractivity contribution in [1.82, 2.24) is 4.90 Å². The maximum absolute atomic E-state index is 12.8. The average Bonchev–Trinajstić information content (AvgIpc) is 3.12. The van der Waals surface area contributed by atoms with Crippen LogP contribution in [0.15, 0.2) is 54.6 Å². The molecule has 4 heteroatoms. The van der Waals surface area contributed by atoms with Crippen molar-refractivity contribution in [2.45, 2.75) is 18.9 Å². The SMILES string of the molecule is CO[C@@H]1CCN(C(=O)c2ccccc2OCCc2ccccc2)C1. The van der Waals surface area contributed by atoms with Crippen LogP contribution in [-0.2, 0) is 11.2 Å². The number of benzene rings is 2. The van der Waals surface area contributed by atoms with Crippen LogP contribution in [0.25, 0.3) is 0 Å². The van der Waals surface area contributed by atoms with Crippen LogP contribution >= 0.6 is 0 Å². The fourth-order valence-corrected chi connectivity index (χ4v) is 2.97. The van der Waals surface area contributed by atoms with Crippen molar-refractivity contribution < 1.29 is 14.3 Å². The third-order valence-electron chi connectivity index (χ3n) is 4.37. The number of likely N-dealkylation sites (tertiary alicyclic amines) is 1. The molecule has 0 aromatic heterocycles. The van der Waals surface area contributed by atoms with E-state index in [1.54, 1.807) is 7.11 Å². The summed E-state index contributed by atoms with van der Waals surface area (Å²) in [5.74, 6) is 0.671. The minimum Gasteiger partial charge on any atom is -0.492 e. The second-order valence-corrected chi connectivity index (χ2v) is 5.98. The molecular weight excluding hydrogens is 302 g/mol. The summed E-state index contributed by atoms with van der Waals surface area (Å²) in [6.07, 6.45) is 1.85. The molecule has 1 heterocycles. The van der Waals surface area contributed by atoms with E-state index in [1.165, 1.54) is 5.56 Å². The van der Waals surface area contributed by atoms with Crippen LogP contribution < -0.4 is 4.74 Å². The maximum Gasteiger partial charge on any atom is 0.257 e. The second kappa shape index (κ2) is 7.97. The number of ether oxygens (including phenoxy) is 2. The Kier molecular flexibility index (Phi) is 5.49. The van der Waals surface area contributed by atoms with Gasteiger partial charge in [0.1, 0.15) is 5.75 Å². The van der Waals surface area contributed by atoms with Gasteiger partial charge >= 0.3 is 0 Å². The molecule has 0 unspecified atom stereocenters. The molecule has 1 amide bonds. The molecule has 1 atom stereocenters. The van der Waals surface area contributed by atoms with Gasteiger partial charge < -0.3 is 14.4 Å². The zero-order valence-corrected chi connectivity index (χ0v) is 14.0. The Labute approximate surface area is 143 Å². The number of para-hydroxylation sites is 1. The lowest BCUT2D eigenvalue weighted by Crippen LogP contribution is -2.30. The molecule has 1 fully saturated rings. The molecule has 0 bridgehead atoms. The zero-order valence-electron chi connectivity index (χ0n) is 14.0. The molecule has 2 aromatic rings. The van der Waals surface area contributed by atoms with Crippen molar-refractivity contribution in [2.24, 2.45) is 0 Å². The highest BCUT2D eigenvalue weighted by molar-refractivity contribution is 5.97. The molecule has 126 valence electrons. The molecule has 2 aromatic carbocycles. The lowest BCUT2D eigenvalue weighted by atomic mass is 10.1. The Bertz CT molecular complexity index is 672. The summed E-state index contributed by atoms with van der Waals surface area (Å²) in [7, 11) is 1.69. The largest absolute Gasteiger partial charge is 0.492 e. The molecule has 0 N–H and O–H groups in total. The number of methoxy groups -OCH3 is 1. The number of carbonyl (C=O) groups excluding carboxylic acids is 1. The van der Waals surface area contributed by atoms with Gasteiger partial charge in [-0.05, 0) is 24.1 Å². The van der Waals surface area contributed by atoms with Gasteiger partial charge in [0.05, 0.1) is 18.3 Å². The van der Waals surface area contributed by atoms with E-state index in [1.807, 2.05) is 47.4 Å². The first-order valence-corrected chi connectivity index (χ1v) is 8.36. The van der Waals surface area contributed by atoms with Crippen molar-refractivity contribution in [3.8, 4) is 5.75 Å². The summed E-state index contributed by atoms with van der Waals surface area (Å²) in [5, 5.41) is 0. The van der Waals surface area contributed by atoms with Gasteiger partial charge in [0, 0.05) is 26.6 Å². The van der Waals surface area contributed by atoms with Crippen molar-refractivity contribution in [3.05, 3.63) is 65.7 Å². The average molecular weight is 325 g/mol. The highest BCUT2D eigenvalue weighted by atomic mass is 16.5. The third kappa shape index (κ3) is 3.95. The zero-order chi connectivity index (χ0) is 16.8. The van der Waals surface area contributed by atoms with E-state index >= 15 is 0 Å². The van der Waals surface area contributed by atoms with Crippen LogP contribution in [0.4, 0.5) is 0 Å². The Morgan fingerprint density at radius 2 is 1.88 bits per heavy atom. The van der Waals surface area contributed by atoms with Crippen molar-refractivity contribution >= 4 is 5.91 Å². The molecule has 1 aliphatic heterocycles. The number of carbonyl (C=O) groups is 1. The van der Waals surface area contributed by atoms with Gasteiger partial charge in [-0.3, -0.25) is 4.79 Å². The quantitative estimate of drug-likeness (QED) is 0.819. The second-order valence-electron chi connectivity index (χ2n) is 5.98. The van der Waals surface area contributed by atoms with E-state index < -0.39 is 0 Å². The number of hydrogen-bond acceptors (Lipinski definition) is 3. The number of hydrogen-bond donors (Lipinski definition) is 0. The standard InChI is InChI=1S/C20H23NO3/c1-23-17-11-13-21(15-17)20(22)18-9-5-6-10-19(18)24-14-12-16-7-3-2-4-8-16/h2-10,17H,11-15H2,1H3/t17-/m1/s1. The van der Waals surface area contributed by atoms with E-state index in [0.717, 1.165) is 19.4 Å². The fourth-order valence-electron chi connectivity index (χ4n) is 2.97. The molecule has 24 heavy (non-hydrogen) atoms. The van der Waals surface area contributed by atoms with Crippen molar-refractivity contribution in [1.29, 1.82) is 0 Å². The van der Waals surface area contributed by atoms with E-state index in [-0.39, 0.29) is 12.0 Å². The number of nitrogens with zero attached hydrogens (tertiary/aromatic N) is 1. The summed E-state index contributed by atoms with van der Waals surface area (Å²) >= 11 is 0. The Hall–Kier alpha value is -2.33.